The number of imidazole rings is 1. The van der Waals surface area contributed by atoms with Gasteiger partial charge in [0.2, 0.25) is 5.91 Å². The fraction of sp³-hybridized carbons (Fsp3) is 0.556. The number of carbonyl (C=O) groups is 2. The van der Waals surface area contributed by atoms with Crippen molar-refractivity contribution in [3.63, 3.8) is 0 Å². The van der Waals surface area contributed by atoms with Crippen LogP contribution in [-0.2, 0) is 11.3 Å². The van der Waals surface area contributed by atoms with Crippen molar-refractivity contribution in [2.24, 2.45) is 23.7 Å². The summed E-state index contributed by atoms with van der Waals surface area (Å²) in [7, 11) is 0. The van der Waals surface area contributed by atoms with E-state index < -0.39 is 0 Å². The summed E-state index contributed by atoms with van der Waals surface area (Å²) in [6.07, 6.45) is 7.47. The number of aromatic amines is 1. The molecule has 184 valence electrons. The monoisotopic (exact) mass is 474 g/mol. The highest BCUT2D eigenvalue weighted by atomic mass is 16.2. The molecule has 8 nitrogen and oxygen atoms in total. The molecule has 2 aromatic heterocycles. The summed E-state index contributed by atoms with van der Waals surface area (Å²) in [5, 5.41) is 10.6. The number of hydrogen-bond acceptors (Lipinski definition) is 4. The third kappa shape index (κ3) is 4.23. The molecule has 1 saturated heterocycles. The number of carbonyl (C=O) groups excluding carboxylic acids is 2. The van der Waals surface area contributed by atoms with Crippen LogP contribution in [0.4, 0.5) is 0 Å². The van der Waals surface area contributed by atoms with Crippen LogP contribution in [0.2, 0.25) is 0 Å². The van der Waals surface area contributed by atoms with Gasteiger partial charge in [0.15, 0.2) is 0 Å². The van der Waals surface area contributed by atoms with E-state index in [1.807, 2.05) is 13.0 Å². The molecule has 35 heavy (non-hydrogen) atoms. The van der Waals surface area contributed by atoms with Gasteiger partial charge < -0.3 is 15.6 Å². The number of amides is 2. The lowest BCUT2D eigenvalue weighted by Gasteiger charge is -2.27. The van der Waals surface area contributed by atoms with Crippen molar-refractivity contribution in [1.29, 1.82) is 0 Å². The van der Waals surface area contributed by atoms with E-state index in [9.17, 15) is 9.59 Å². The molecular weight excluding hydrogens is 440 g/mol. The average molecular weight is 475 g/mol. The first-order valence-corrected chi connectivity index (χ1v) is 13.1. The molecule has 3 unspecified atom stereocenters. The molecule has 3 N–H and O–H groups in total. The highest BCUT2D eigenvalue weighted by molar-refractivity contribution is 5.92. The number of nitrogens with one attached hydrogen (secondary N) is 3. The third-order valence-electron chi connectivity index (χ3n) is 8.29. The van der Waals surface area contributed by atoms with Gasteiger partial charge in [-0.2, -0.15) is 5.10 Å². The van der Waals surface area contributed by atoms with Crippen LogP contribution < -0.4 is 10.6 Å². The molecule has 0 spiro atoms. The van der Waals surface area contributed by atoms with Crippen molar-refractivity contribution in [2.75, 3.05) is 6.54 Å². The first-order valence-electron chi connectivity index (χ1n) is 13.1. The van der Waals surface area contributed by atoms with Gasteiger partial charge >= 0.3 is 0 Å². The fourth-order valence-corrected chi connectivity index (χ4v) is 6.03. The summed E-state index contributed by atoms with van der Waals surface area (Å²) in [6.45, 7) is 5.53. The standard InChI is InChI=1S/C27H34N6O2/c1-3-33-22(11-13-29-33)27(35)32-24(23(16-4-5-16)17-6-7-17)25-30-20-9-8-18(14-21(20)31-25)15(2)19-10-12-28-26(19)34/h8-9,11,13-17,19,23-24H,3-7,10,12H2,1-2H3,(H,28,34)(H,30,31)(H,32,35). The van der Waals surface area contributed by atoms with Crippen molar-refractivity contribution in [2.45, 2.75) is 64.5 Å². The van der Waals surface area contributed by atoms with E-state index in [-0.39, 0.29) is 29.7 Å². The van der Waals surface area contributed by atoms with E-state index in [1.165, 1.54) is 25.7 Å². The van der Waals surface area contributed by atoms with Gasteiger partial charge in [-0.15, -0.1) is 0 Å². The number of aryl methyl sites for hydroxylation is 1. The second-order valence-corrected chi connectivity index (χ2v) is 10.6. The molecule has 3 aliphatic rings. The second-order valence-electron chi connectivity index (χ2n) is 10.6. The number of H-pyrrole nitrogens is 1. The molecule has 3 aromatic rings. The number of benzene rings is 1. The maximum Gasteiger partial charge on any atom is 0.270 e. The van der Waals surface area contributed by atoms with Crippen molar-refractivity contribution >= 4 is 22.8 Å². The Labute approximate surface area is 205 Å². The van der Waals surface area contributed by atoms with Crippen LogP contribution in [-0.4, -0.2) is 38.1 Å². The molecule has 3 atom stereocenters. The van der Waals surface area contributed by atoms with Gasteiger partial charge in [0.05, 0.1) is 17.1 Å². The maximum atomic E-state index is 13.3. The summed E-state index contributed by atoms with van der Waals surface area (Å²) in [4.78, 5) is 34.1. The van der Waals surface area contributed by atoms with Gasteiger partial charge in [-0.25, -0.2) is 4.98 Å². The lowest BCUT2D eigenvalue weighted by Crippen LogP contribution is -2.37. The minimum atomic E-state index is -0.156. The van der Waals surface area contributed by atoms with Gasteiger partial charge in [0.1, 0.15) is 11.5 Å². The van der Waals surface area contributed by atoms with Crippen LogP contribution in [0.1, 0.15) is 79.8 Å². The first kappa shape index (κ1) is 22.3. The Hall–Kier alpha value is -3.16. The Bertz CT molecular complexity index is 1240. The zero-order valence-corrected chi connectivity index (χ0v) is 20.5. The molecule has 3 fully saturated rings. The Morgan fingerprint density at radius 2 is 1.94 bits per heavy atom. The van der Waals surface area contributed by atoms with Crippen molar-refractivity contribution in [1.82, 2.24) is 30.4 Å². The number of fused-ring (bicyclic) bond motifs is 1. The highest BCUT2D eigenvalue weighted by Crippen LogP contribution is 2.54. The second kappa shape index (κ2) is 8.81. The van der Waals surface area contributed by atoms with Gasteiger partial charge in [-0.05, 0) is 86.5 Å². The van der Waals surface area contributed by atoms with E-state index in [0.29, 0.717) is 30.0 Å². The van der Waals surface area contributed by atoms with E-state index in [2.05, 4.69) is 39.8 Å². The molecule has 2 aliphatic carbocycles. The minimum Gasteiger partial charge on any atom is -0.356 e. The molecule has 1 aliphatic heterocycles. The van der Waals surface area contributed by atoms with Crippen LogP contribution in [0.15, 0.2) is 30.5 Å². The van der Waals surface area contributed by atoms with Crippen LogP contribution >= 0.6 is 0 Å². The maximum absolute atomic E-state index is 13.3. The largest absolute Gasteiger partial charge is 0.356 e. The van der Waals surface area contributed by atoms with Gasteiger partial charge in [-0.1, -0.05) is 13.0 Å². The highest BCUT2D eigenvalue weighted by Gasteiger charge is 2.47. The summed E-state index contributed by atoms with van der Waals surface area (Å²) >= 11 is 0. The lowest BCUT2D eigenvalue weighted by molar-refractivity contribution is -0.122. The predicted octanol–water partition coefficient (Wildman–Crippen LogP) is 3.93. The van der Waals surface area contributed by atoms with E-state index in [1.54, 1.807) is 16.9 Å². The third-order valence-corrected chi connectivity index (χ3v) is 8.29. The quantitative estimate of drug-likeness (QED) is 0.437. The predicted molar refractivity (Wildman–Crippen MR) is 133 cm³/mol. The van der Waals surface area contributed by atoms with Crippen LogP contribution in [0, 0.1) is 23.7 Å². The summed E-state index contributed by atoms with van der Waals surface area (Å²) in [6, 6.07) is 7.90. The summed E-state index contributed by atoms with van der Waals surface area (Å²) < 4.78 is 1.74. The molecule has 2 amide bonds. The number of aromatic nitrogens is 4. The zero-order chi connectivity index (χ0) is 24.1. The summed E-state index contributed by atoms with van der Waals surface area (Å²) in [5.41, 5.74) is 3.59. The van der Waals surface area contributed by atoms with Crippen LogP contribution in [0.5, 0.6) is 0 Å². The van der Waals surface area contributed by atoms with Gasteiger partial charge in [0.25, 0.3) is 5.91 Å². The normalized spacial score (nSPS) is 21.9. The molecular formula is C27H34N6O2. The van der Waals surface area contributed by atoms with Gasteiger partial charge in [0, 0.05) is 25.2 Å². The smallest absolute Gasteiger partial charge is 0.270 e. The Balaban J connectivity index is 1.32. The average Bonchev–Trinajstić information content (AvgIpc) is 3.74. The molecule has 8 heteroatoms. The van der Waals surface area contributed by atoms with E-state index >= 15 is 0 Å². The summed E-state index contributed by atoms with van der Waals surface area (Å²) in [5.74, 6) is 2.74. The first-order chi connectivity index (χ1) is 17.0. The van der Waals surface area contributed by atoms with Crippen molar-refractivity contribution in [3.8, 4) is 0 Å². The van der Waals surface area contributed by atoms with E-state index in [0.717, 1.165) is 35.4 Å². The van der Waals surface area contributed by atoms with Crippen LogP contribution in [0.3, 0.4) is 0 Å². The van der Waals surface area contributed by atoms with Crippen molar-refractivity contribution < 1.29 is 9.59 Å². The SMILES string of the molecule is CCn1nccc1C(=O)NC(c1nc2ccc(C(C)C3CCNC3=O)cc2[nH]1)C(C1CC1)C1CC1. The molecule has 0 radical (unpaired) electrons. The molecule has 1 aromatic carbocycles. The molecule has 2 saturated carbocycles. The van der Waals surface area contributed by atoms with Gasteiger partial charge in [-0.3, -0.25) is 14.3 Å². The topological polar surface area (TPSA) is 105 Å². The Morgan fingerprint density at radius 1 is 1.17 bits per heavy atom. The zero-order valence-electron chi connectivity index (χ0n) is 20.5. The number of nitrogens with zero attached hydrogens (tertiary/aromatic N) is 3. The minimum absolute atomic E-state index is 0.0133. The van der Waals surface area contributed by atoms with Crippen LogP contribution in [0.25, 0.3) is 11.0 Å². The number of hydrogen-bond donors (Lipinski definition) is 3. The Kier molecular flexibility index (Phi) is 5.61. The number of rotatable bonds is 9. The fourth-order valence-electron chi connectivity index (χ4n) is 6.03. The van der Waals surface area contributed by atoms with Crippen molar-refractivity contribution in [3.05, 3.63) is 47.5 Å². The molecule has 0 bridgehead atoms. The van der Waals surface area contributed by atoms with E-state index in [4.69, 9.17) is 4.98 Å². The lowest BCUT2D eigenvalue weighted by atomic mass is 9.86. The molecule has 3 heterocycles. The Morgan fingerprint density at radius 3 is 2.60 bits per heavy atom. The molecule has 6 rings (SSSR count).